The highest BCUT2D eigenvalue weighted by molar-refractivity contribution is 7.99. The number of aryl methyl sites for hydroxylation is 2. The lowest BCUT2D eigenvalue weighted by Crippen LogP contribution is -2.15. The standard InChI is InChI=1S/C19H20N4O2S/c1-13-8-9-15(14(2)10-13)21-18(24)11-26-19-22-20-12-23(19)16-6-4-5-7-17(16)25-3/h4-10,12H,11H2,1-3H3,(H,21,24). The van der Waals surface area contributed by atoms with E-state index in [2.05, 4.69) is 15.5 Å². The number of para-hydroxylation sites is 2. The topological polar surface area (TPSA) is 69.0 Å². The second-order valence-corrected chi connectivity index (χ2v) is 6.75. The molecule has 1 heterocycles. The van der Waals surface area contributed by atoms with Gasteiger partial charge in [-0.1, -0.05) is 41.6 Å². The normalized spacial score (nSPS) is 10.6. The van der Waals surface area contributed by atoms with Crippen LogP contribution in [0.3, 0.4) is 0 Å². The molecule has 1 aromatic heterocycles. The molecule has 1 N–H and O–H groups in total. The Kier molecular flexibility index (Phi) is 5.58. The molecule has 0 fully saturated rings. The van der Waals surface area contributed by atoms with Crippen molar-refractivity contribution in [1.29, 1.82) is 0 Å². The van der Waals surface area contributed by atoms with Crippen LogP contribution >= 0.6 is 11.8 Å². The molecule has 0 aliphatic rings. The van der Waals surface area contributed by atoms with Crippen LogP contribution in [0.1, 0.15) is 11.1 Å². The molecule has 0 atom stereocenters. The number of carbonyl (C=O) groups excluding carboxylic acids is 1. The van der Waals surface area contributed by atoms with Gasteiger partial charge in [-0.2, -0.15) is 0 Å². The zero-order valence-electron chi connectivity index (χ0n) is 14.9. The second kappa shape index (κ2) is 8.05. The van der Waals surface area contributed by atoms with Crippen molar-refractivity contribution in [3.8, 4) is 11.4 Å². The van der Waals surface area contributed by atoms with Gasteiger partial charge in [-0.05, 0) is 37.6 Å². The molecule has 2 aromatic carbocycles. The van der Waals surface area contributed by atoms with E-state index in [0.29, 0.717) is 10.9 Å². The number of nitrogens with one attached hydrogen (secondary N) is 1. The maximum Gasteiger partial charge on any atom is 0.234 e. The molecule has 0 saturated carbocycles. The van der Waals surface area contributed by atoms with E-state index in [1.807, 2.05) is 60.9 Å². The Bertz CT molecular complexity index is 923. The highest BCUT2D eigenvalue weighted by atomic mass is 32.2. The highest BCUT2D eigenvalue weighted by Gasteiger charge is 2.13. The molecule has 0 aliphatic heterocycles. The van der Waals surface area contributed by atoms with Gasteiger partial charge in [-0.3, -0.25) is 9.36 Å². The third-order valence-corrected chi connectivity index (χ3v) is 4.79. The minimum Gasteiger partial charge on any atom is -0.495 e. The molecular weight excluding hydrogens is 348 g/mol. The van der Waals surface area contributed by atoms with Crippen LogP contribution in [0.4, 0.5) is 5.69 Å². The fourth-order valence-electron chi connectivity index (χ4n) is 2.59. The summed E-state index contributed by atoms with van der Waals surface area (Å²) < 4.78 is 7.20. The molecule has 3 rings (SSSR count). The minimum absolute atomic E-state index is 0.0865. The maximum atomic E-state index is 12.3. The van der Waals surface area contributed by atoms with Crippen LogP contribution in [-0.4, -0.2) is 33.5 Å². The quantitative estimate of drug-likeness (QED) is 0.673. The summed E-state index contributed by atoms with van der Waals surface area (Å²) in [6, 6.07) is 13.5. The van der Waals surface area contributed by atoms with E-state index in [-0.39, 0.29) is 11.7 Å². The van der Waals surface area contributed by atoms with Crippen LogP contribution in [0.2, 0.25) is 0 Å². The smallest absolute Gasteiger partial charge is 0.234 e. The summed E-state index contributed by atoms with van der Waals surface area (Å²) in [6.07, 6.45) is 1.61. The van der Waals surface area contributed by atoms with Crippen molar-refractivity contribution in [3.63, 3.8) is 0 Å². The summed E-state index contributed by atoms with van der Waals surface area (Å²) in [5.74, 6) is 0.867. The predicted molar refractivity (Wildman–Crippen MR) is 103 cm³/mol. The second-order valence-electron chi connectivity index (χ2n) is 5.81. The highest BCUT2D eigenvalue weighted by Crippen LogP contribution is 2.26. The largest absolute Gasteiger partial charge is 0.495 e. The average Bonchev–Trinajstić information content (AvgIpc) is 3.10. The molecule has 3 aromatic rings. The lowest BCUT2D eigenvalue weighted by atomic mass is 10.1. The maximum absolute atomic E-state index is 12.3. The predicted octanol–water partition coefficient (Wildman–Crippen LogP) is 3.62. The summed E-state index contributed by atoms with van der Waals surface area (Å²) in [5.41, 5.74) is 3.87. The number of thioether (sulfide) groups is 1. The van der Waals surface area contributed by atoms with E-state index in [9.17, 15) is 4.79 Å². The summed E-state index contributed by atoms with van der Waals surface area (Å²) in [4.78, 5) is 12.3. The van der Waals surface area contributed by atoms with Gasteiger partial charge in [0.05, 0.1) is 18.6 Å². The van der Waals surface area contributed by atoms with Crippen molar-refractivity contribution in [2.24, 2.45) is 0 Å². The molecule has 0 unspecified atom stereocenters. The number of hydrogen-bond donors (Lipinski definition) is 1. The lowest BCUT2D eigenvalue weighted by molar-refractivity contribution is -0.113. The number of hydrogen-bond acceptors (Lipinski definition) is 5. The average molecular weight is 368 g/mol. The lowest BCUT2D eigenvalue weighted by Gasteiger charge is -2.11. The monoisotopic (exact) mass is 368 g/mol. The third-order valence-electron chi connectivity index (χ3n) is 3.85. The van der Waals surface area contributed by atoms with Gasteiger partial charge in [0.15, 0.2) is 5.16 Å². The number of rotatable bonds is 6. The fourth-order valence-corrected chi connectivity index (χ4v) is 3.31. The van der Waals surface area contributed by atoms with Gasteiger partial charge in [0, 0.05) is 5.69 Å². The molecule has 0 aliphatic carbocycles. The first-order chi connectivity index (χ1) is 12.6. The zero-order valence-corrected chi connectivity index (χ0v) is 15.7. The molecule has 7 heteroatoms. The number of carbonyl (C=O) groups is 1. The van der Waals surface area contributed by atoms with Crippen LogP contribution in [-0.2, 0) is 4.79 Å². The van der Waals surface area contributed by atoms with Crippen LogP contribution in [0.15, 0.2) is 53.9 Å². The van der Waals surface area contributed by atoms with Gasteiger partial charge < -0.3 is 10.1 Å². The molecule has 6 nitrogen and oxygen atoms in total. The number of ether oxygens (including phenoxy) is 1. The van der Waals surface area contributed by atoms with Crippen LogP contribution in [0.5, 0.6) is 5.75 Å². The van der Waals surface area contributed by atoms with Crippen molar-refractivity contribution >= 4 is 23.4 Å². The van der Waals surface area contributed by atoms with E-state index < -0.39 is 0 Å². The summed E-state index contributed by atoms with van der Waals surface area (Å²) in [5, 5.41) is 11.7. The summed E-state index contributed by atoms with van der Waals surface area (Å²) in [6.45, 7) is 4.01. The van der Waals surface area contributed by atoms with Gasteiger partial charge in [0.25, 0.3) is 0 Å². The van der Waals surface area contributed by atoms with E-state index in [1.54, 1.807) is 13.4 Å². The van der Waals surface area contributed by atoms with Crippen molar-refractivity contribution in [2.75, 3.05) is 18.2 Å². The fraction of sp³-hybridized carbons (Fsp3) is 0.211. The van der Waals surface area contributed by atoms with Crippen molar-refractivity contribution in [2.45, 2.75) is 19.0 Å². The van der Waals surface area contributed by atoms with Crippen LogP contribution in [0.25, 0.3) is 5.69 Å². The first-order valence-corrected chi connectivity index (χ1v) is 9.10. The van der Waals surface area contributed by atoms with E-state index >= 15 is 0 Å². The van der Waals surface area contributed by atoms with Crippen LogP contribution < -0.4 is 10.1 Å². The molecular formula is C19H20N4O2S. The van der Waals surface area contributed by atoms with Crippen molar-refractivity contribution in [3.05, 3.63) is 59.9 Å². The number of aromatic nitrogens is 3. The Balaban J connectivity index is 1.69. The van der Waals surface area contributed by atoms with Gasteiger partial charge in [0.1, 0.15) is 12.1 Å². The third kappa shape index (κ3) is 4.05. The van der Waals surface area contributed by atoms with Gasteiger partial charge in [-0.25, -0.2) is 0 Å². The van der Waals surface area contributed by atoms with Gasteiger partial charge in [0.2, 0.25) is 5.91 Å². The molecule has 0 radical (unpaired) electrons. The Labute approximate surface area is 156 Å². The first-order valence-electron chi connectivity index (χ1n) is 8.12. The Morgan fingerprint density at radius 2 is 2.04 bits per heavy atom. The number of amides is 1. The van der Waals surface area contributed by atoms with E-state index in [1.165, 1.54) is 17.3 Å². The van der Waals surface area contributed by atoms with E-state index in [4.69, 9.17) is 4.74 Å². The number of nitrogens with zero attached hydrogens (tertiary/aromatic N) is 3. The van der Waals surface area contributed by atoms with Gasteiger partial charge >= 0.3 is 0 Å². The molecule has 26 heavy (non-hydrogen) atoms. The molecule has 134 valence electrons. The first kappa shape index (κ1) is 18.0. The SMILES string of the molecule is COc1ccccc1-n1cnnc1SCC(=O)Nc1ccc(C)cc1C. The Morgan fingerprint density at radius 3 is 2.81 bits per heavy atom. The molecule has 1 amide bonds. The number of methoxy groups -OCH3 is 1. The molecule has 0 saturated heterocycles. The van der Waals surface area contributed by atoms with Crippen LogP contribution in [0, 0.1) is 13.8 Å². The number of anilines is 1. The van der Waals surface area contributed by atoms with E-state index in [0.717, 1.165) is 16.9 Å². The Hall–Kier alpha value is -2.80. The molecule has 0 spiro atoms. The minimum atomic E-state index is -0.0865. The summed E-state index contributed by atoms with van der Waals surface area (Å²) in [7, 11) is 1.62. The summed E-state index contributed by atoms with van der Waals surface area (Å²) >= 11 is 1.33. The zero-order chi connectivity index (χ0) is 18.5. The van der Waals surface area contributed by atoms with Gasteiger partial charge in [-0.15, -0.1) is 10.2 Å². The molecule has 0 bridgehead atoms. The Morgan fingerprint density at radius 1 is 1.23 bits per heavy atom. The number of benzene rings is 2. The van der Waals surface area contributed by atoms with Crippen molar-refractivity contribution in [1.82, 2.24) is 14.8 Å². The van der Waals surface area contributed by atoms with Crippen molar-refractivity contribution < 1.29 is 9.53 Å².